The van der Waals surface area contributed by atoms with Gasteiger partial charge in [0.1, 0.15) is 15.7 Å². The fraction of sp³-hybridized carbons (Fsp3) is 0.0909. The van der Waals surface area contributed by atoms with E-state index in [1.165, 1.54) is 21.8 Å². The lowest BCUT2D eigenvalue weighted by Gasteiger charge is -2.06. The molecule has 0 atom stereocenters. The van der Waals surface area contributed by atoms with Crippen molar-refractivity contribution in [3.05, 3.63) is 75.1 Å². The number of thioether (sulfide) groups is 1. The first kappa shape index (κ1) is 19.1. The van der Waals surface area contributed by atoms with E-state index in [0.717, 1.165) is 41.9 Å². The number of para-hydroxylation sites is 1. The van der Waals surface area contributed by atoms with Gasteiger partial charge in [0.05, 0.1) is 21.3 Å². The molecule has 9 heteroatoms. The number of benzene rings is 1. The maximum absolute atomic E-state index is 12.8. The molecule has 6 rings (SSSR count). The lowest BCUT2D eigenvalue weighted by Crippen LogP contribution is -2.13. The van der Waals surface area contributed by atoms with E-state index < -0.39 is 0 Å². The van der Waals surface area contributed by atoms with Gasteiger partial charge in [0.2, 0.25) is 0 Å². The smallest absolute Gasteiger partial charge is 0.259 e. The number of aryl methyl sites for hydroxylation is 1. The van der Waals surface area contributed by atoms with Crippen molar-refractivity contribution >= 4 is 71.2 Å². The zero-order chi connectivity index (χ0) is 20.9. The monoisotopic (exact) mass is 478 g/mol. The fourth-order valence-electron chi connectivity index (χ4n) is 3.57. The first-order valence-corrected chi connectivity index (χ1v) is 13.1. The van der Waals surface area contributed by atoms with E-state index in [1.54, 1.807) is 44.9 Å². The normalized spacial score (nSPS) is 11.8. The van der Waals surface area contributed by atoms with E-state index in [4.69, 9.17) is 9.97 Å². The number of rotatable bonds is 4. The Morgan fingerprint density at radius 2 is 1.97 bits per heavy atom. The Hall–Kier alpha value is -2.59. The van der Waals surface area contributed by atoms with E-state index >= 15 is 0 Å². The molecule has 0 aliphatic rings. The van der Waals surface area contributed by atoms with Gasteiger partial charge in [-0.05, 0) is 30.5 Å². The second-order valence-electron chi connectivity index (χ2n) is 6.94. The van der Waals surface area contributed by atoms with E-state index in [0.29, 0.717) is 5.75 Å². The number of thiophene rings is 2. The van der Waals surface area contributed by atoms with Gasteiger partial charge in [0, 0.05) is 27.6 Å². The summed E-state index contributed by atoms with van der Waals surface area (Å²) in [6.07, 6.45) is 0. The maximum atomic E-state index is 12.8. The SMILES string of the molecule is Cc1nc(SCc2cc(=O)n3c(n2)sc2ccccc23)c2c(-c3cccs3)csc2n1. The molecule has 0 fully saturated rings. The van der Waals surface area contributed by atoms with E-state index in [1.807, 2.05) is 31.2 Å². The van der Waals surface area contributed by atoms with Crippen LogP contribution >= 0.6 is 45.8 Å². The molecule has 31 heavy (non-hydrogen) atoms. The molecule has 1 aromatic carbocycles. The highest BCUT2D eigenvalue weighted by Gasteiger charge is 2.16. The summed E-state index contributed by atoms with van der Waals surface area (Å²) in [6, 6.07) is 13.7. The molecule has 0 bridgehead atoms. The Bertz CT molecular complexity index is 1630. The molecular weight excluding hydrogens is 465 g/mol. The van der Waals surface area contributed by atoms with Gasteiger partial charge < -0.3 is 0 Å². The van der Waals surface area contributed by atoms with Crippen molar-refractivity contribution in [2.45, 2.75) is 17.7 Å². The van der Waals surface area contributed by atoms with Crippen LogP contribution in [0.2, 0.25) is 0 Å². The molecule has 0 unspecified atom stereocenters. The minimum absolute atomic E-state index is 0.0446. The van der Waals surface area contributed by atoms with E-state index in [2.05, 4.69) is 27.9 Å². The highest BCUT2D eigenvalue weighted by molar-refractivity contribution is 7.98. The molecule has 0 aliphatic heterocycles. The number of fused-ring (bicyclic) bond motifs is 4. The van der Waals surface area contributed by atoms with Crippen molar-refractivity contribution in [3.8, 4) is 10.4 Å². The second-order valence-corrected chi connectivity index (χ2v) is 10.7. The predicted octanol–water partition coefficient (Wildman–Crippen LogP) is 6.24. The van der Waals surface area contributed by atoms with E-state index in [9.17, 15) is 4.79 Å². The molecule has 152 valence electrons. The third kappa shape index (κ3) is 3.28. The van der Waals surface area contributed by atoms with Crippen LogP contribution in [0.4, 0.5) is 0 Å². The summed E-state index contributed by atoms with van der Waals surface area (Å²) in [5.41, 5.74) is 2.80. The van der Waals surface area contributed by atoms with Gasteiger partial charge in [-0.15, -0.1) is 22.7 Å². The lowest BCUT2D eigenvalue weighted by atomic mass is 10.2. The standard InChI is InChI=1S/C22H14N4OS4/c1-12-23-20(19-14(11-30-21(19)24-12)16-7-4-8-28-16)29-10-13-9-18(27)26-15-5-2-3-6-17(15)31-22(26)25-13/h2-9,11H,10H2,1H3. The molecular formula is C22H14N4OS4. The van der Waals surface area contributed by atoms with Crippen LogP contribution in [-0.2, 0) is 5.75 Å². The van der Waals surface area contributed by atoms with Gasteiger partial charge >= 0.3 is 0 Å². The molecule has 0 N–H and O–H groups in total. The summed E-state index contributed by atoms with van der Waals surface area (Å²) in [4.78, 5) is 29.9. The highest BCUT2D eigenvalue weighted by Crippen LogP contribution is 2.40. The fourth-order valence-corrected chi connectivity index (χ4v) is 7.47. The minimum atomic E-state index is -0.0446. The highest BCUT2D eigenvalue weighted by atomic mass is 32.2. The maximum Gasteiger partial charge on any atom is 0.259 e. The topological polar surface area (TPSA) is 60.2 Å². The average molecular weight is 479 g/mol. The number of thiazole rings is 1. The van der Waals surface area contributed by atoms with Gasteiger partial charge in [0.25, 0.3) is 5.56 Å². The predicted molar refractivity (Wildman–Crippen MR) is 132 cm³/mol. The quantitative estimate of drug-likeness (QED) is 0.222. The number of aromatic nitrogens is 4. The Morgan fingerprint density at radius 1 is 1.06 bits per heavy atom. The first-order valence-electron chi connectivity index (χ1n) is 9.50. The Labute approximate surface area is 193 Å². The van der Waals surface area contributed by atoms with Gasteiger partial charge in [-0.1, -0.05) is 41.3 Å². The molecule has 5 heterocycles. The summed E-state index contributed by atoms with van der Waals surface area (Å²) in [5.74, 6) is 1.33. The van der Waals surface area contributed by atoms with Crippen molar-refractivity contribution in [3.63, 3.8) is 0 Å². The van der Waals surface area contributed by atoms with E-state index in [-0.39, 0.29) is 5.56 Å². The molecule has 0 radical (unpaired) electrons. The zero-order valence-corrected chi connectivity index (χ0v) is 19.5. The van der Waals surface area contributed by atoms with Crippen LogP contribution in [0.5, 0.6) is 0 Å². The summed E-state index contributed by atoms with van der Waals surface area (Å²) < 4.78 is 2.75. The summed E-state index contributed by atoms with van der Waals surface area (Å²) in [5, 5.41) is 6.26. The van der Waals surface area contributed by atoms with Gasteiger partial charge in [0.15, 0.2) is 4.96 Å². The summed E-state index contributed by atoms with van der Waals surface area (Å²) in [6.45, 7) is 1.92. The minimum Gasteiger partial charge on any atom is -0.269 e. The largest absolute Gasteiger partial charge is 0.269 e. The average Bonchev–Trinajstić information content (AvgIpc) is 3.49. The number of hydrogen-bond donors (Lipinski definition) is 0. The van der Waals surface area contributed by atoms with Crippen LogP contribution in [0.3, 0.4) is 0 Å². The van der Waals surface area contributed by atoms with Crippen molar-refractivity contribution < 1.29 is 0 Å². The van der Waals surface area contributed by atoms with Gasteiger partial charge in [-0.2, -0.15) is 0 Å². The van der Waals surface area contributed by atoms with Crippen molar-refractivity contribution in [1.29, 1.82) is 0 Å². The Balaban J connectivity index is 1.41. The molecule has 6 aromatic rings. The van der Waals surface area contributed by atoms with Crippen molar-refractivity contribution in [2.75, 3.05) is 0 Å². The summed E-state index contributed by atoms with van der Waals surface area (Å²) >= 11 is 6.51. The third-order valence-electron chi connectivity index (χ3n) is 4.90. The van der Waals surface area contributed by atoms with Crippen LogP contribution in [0.25, 0.3) is 35.8 Å². The van der Waals surface area contributed by atoms with Crippen LogP contribution in [-0.4, -0.2) is 19.4 Å². The molecule has 5 nitrogen and oxygen atoms in total. The molecule has 0 saturated heterocycles. The second kappa shape index (κ2) is 7.52. The van der Waals surface area contributed by atoms with Gasteiger partial charge in [-0.25, -0.2) is 15.0 Å². The Kier molecular flexibility index (Phi) is 4.64. The van der Waals surface area contributed by atoms with Crippen molar-refractivity contribution in [1.82, 2.24) is 19.4 Å². The molecule has 0 spiro atoms. The third-order valence-corrected chi connectivity index (χ3v) is 8.71. The lowest BCUT2D eigenvalue weighted by molar-refractivity contribution is 1.01. The Morgan fingerprint density at radius 3 is 2.84 bits per heavy atom. The number of nitrogens with zero attached hydrogens (tertiary/aromatic N) is 4. The first-order chi connectivity index (χ1) is 15.2. The zero-order valence-electron chi connectivity index (χ0n) is 16.2. The summed E-state index contributed by atoms with van der Waals surface area (Å²) in [7, 11) is 0. The molecule has 5 aromatic heterocycles. The van der Waals surface area contributed by atoms with Crippen molar-refractivity contribution in [2.24, 2.45) is 0 Å². The molecule has 0 aliphatic carbocycles. The molecule has 0 amide bonds. The molecule has 0 saturated carbocycles. The van der Waals surface area contributed by atoms with Crippen LogP contribution in [0, 0.1) is 6.92 Å². The van der Waals surface area contributed by atoms with Crippen LogP contribution in [0.1, 0.15) is 11.5 Å². The van der Waals surface area contributed by atoms with Crippen LogP contribution < -0.4 is 5.56 Å². The van der Waals surface area contributed by atoms with Gasteiger partial charge in [-0.3, -0.25) is 9.20 Å². The van der Waals surface area contributed by atoms with Crippen LogP contribution in [0.15, 0.2) is 63.0 Å². The number of hydrogen-bond acceptors (Lipinski definition) is 8.